The van der Waals surface area contributed by atoms with E-state index in [-0.39, 0.29) is 22.2 Å². The van der Waals surface area contributed by atoms with Crippen molar-refractivity contribution in [2.45, 2.75) is 105 Å². The second-order valence-corrected chi connectivity index (χ2v) is 20.4. The van der Waals surface area contributed by atoms with Gasteiger partial charge in [0.15, 0.2) is 0 Å². The molecule has 24 heavy (non-hydrogen) atoms. The second kappa shape index (κ2) is 6.28. The molecule has 0 radical (unpaired) electrons. The first-order valence-electron chi connectivity index (χ1n) is 8.66. The van der Waals surface area contributed by atoms with Gasteiger partial charge in [0, 0.05) is 0 Å². The fourth-order valence-corrected chi connectivity index (χ4v) is 23.0. The zero-order chi connectivity index (χ0) is 19.0. The van der Waals surface area contributed by atoms with Crippen molar-refractivity contribution in [1.82, 2.24) is 16.1 Å². The van der Waals surface area contributed by atoms with Gasteiger partial charge in [0.05, 0.1) is 0 Å². The molecule has 2 bridgehead atoms. The summed E-state index contributed by atoms with van der Waals surface area (Å²) in [4.78, 5) is 0. The number of hydrogen-bond donors (Lipinski definition) is 0. The van der Waals surface area contributed by atoms with Crippen LogP contribution in [0.25, 0.3) is 0 Å². The van der Waals surface area contributed by atoms with Crippen molar-refractivity contribution < 1.29 is 0 Å². The van der Waals surface area contributed by atoms with Crippen LogP contribution in [0.5, 0.6) is 0 Å². The van der Waals surface area contributed by atoms with Crippen LogP contribution < -0.4 is 0 Å². The summed E-state index contributed by atoms with van der Waals surface area (Å²) in [6.07, 6.45) is 0. The minimum absolute atomic E-state index is 0.0752. The van der Waals surface area contributed by atoms with Crippen LogP contribution in [0.15, 0.2) is 0 Å². The summed E-state index contributed by atoms with van der Waals surface area (Å²) in [7, 11) is 6.26. The molecule has 3 fully saturated rings. The van der Waals surface area contributed by atoms with Crippen LogP contribution in [0.3, 0.4) is 0 Å². The van der Waals surface area contributed by atoms with Gasteiger partial charge in [-0.3, -0.25) is 0 Å². The Morgan fingerprint density at radius 3 is 0.958 bits per heavy atom. The quantitative estimate of drug-likeness (QED) is 0.323. The first-order valence-corrected chi connectivity index (χ1v) is 15.2. The van der Waals surface area contributed by atoms with Crippen molar-refractivity contribution >= 4 is 40.9 Å². The van der Waals surface area contributed by atoms with Gasteiger partial charge in [0.1, 0.15) is 0 Å². The molecule has 0 spiro atoms. The van der Waals surface area contributed by atoms with E-state index in [1.54, 1.807) is 0 Å². The van der Waals surface area contributed by atoms with Crippen LogP contribution >= 0.6 is 26.7 Å². The summed E-state index contributed by atoms with van der Waals surface area (Å²) in [5.74, 6) is 0. The Labute approximate surface area is 162 Å². The van der Waals surface area contributed by atoms with Gasteiger partial charge in [0.2, 0.25) is 0 Å². The summed E-state index contributed by atoms with van der Waals surface area (Å²) < 4.78 is 11.0. The van der Waals surface area contributed by atoms with Crippen LogP contribution in [0, 0.1) is 0 Å². The molecule has 4 nitrogen and oxygen atoms in total. The Balaban J connectivity index is 2.64. The van der Waals surface area contributed by atoms with Crippen molar-refractivity contribution in [2.24, 2.45) is 0 Å². The van der Waals surface area contributed by atoms with Crippen LogP contribution in [0.4, 0.5) is 0 Å². The fourth-order valence-electron chi connectivity index (χ4n) is 2.91. The van der Waals surface area contributed by atoms with E-state index in [1.807, 2.05) is 0 Å². The van der Waals surface area contributed by atoms with E-state index >= 15 is 0 Å². The molecule has 3 rings (SSSR count). The van der Waals surface area contributed by atoms with Crippen molar-refractivity contribution in [1.29, 1.82) is 0 Å². The Kier molecular flexibility index (Phi) is 5.72. The maximum atomic E-state index is 7.25. The first-order chi connectivity index (χ1) is 10.4. The van der Waals surface area contributed by atoms with Gasteiger partial charge in [-0.05, 0) is 0 Å². The van der Waals surface area contributed by atoms with E-state index in [1.165, 1.54) is 0 Å². The van der Waals surface area contributed by atoms with E-state index in [0.29, 0.717) is 0 Å². The second-order valence-electron chi connectivity index (χ2n) is 10.6. The van der Waals surface area contributed by atoms with E-state index in [0.717, 1.165) is 0 Å². The van der Waals surface area contributed by atoms with Gasteiger partial charge in [-0.25, -0.2) is 0 Å². The third-order valence-electron chi connectivity index (χ3n) is 3.73. The molecule has 8 heteroatoms. The molecule has 0 saturated carbocycles. The minimum atomic E-state index is -1.77. The number of nitrogens with zero attached hydrogens (tertiary/aromatic N) is 4. The summed E-state index contributed by atoms with van der Waals surface area (Å²) in [5, 5.41) is 0. The van der Waals surface area contributed by atoms with Gasteiger partial charge in [0.25, 0.3) is 0 Å². The SMILES string of the molecule is CC(C)(C)N1P2N(C(C)(C)C)P1N(C(C)(C)C)[As](Cl)N2C(C)(C)C. The van der Waals surface area contributed by atoms with Gasteiger partial charge < -0.3 is 0 Å². The predicted molar refractivity (Wildman–Crippen MR) is 112 cm³/mol. The molecule has 3 saturated heterocycles. The monoisotopic (exact) mass is 456 g/mol. The van der Waals surface area contributed by atoms with E-state index < -0.39 is 30.9 Å². The average Bonchev–Trinajstić information content (AvgIpc) is 2.18. The summed E-state index contributed by atoms with van der Waals surface area (Å²) in [6, 6.07) is 0. The molecule has 0 N–H and O–H groups in total. The van der Waals surface area contributed by atoms with Crippen LogP contribution in [0.2, 0.25) is 0 Å². The van der Waals surface area contributed by atoms with Crippen LogP contribution in [-0.2, 0) is 0 Å². The number of halogens is 1. The Morgan fingerprint density at radius 1 is 0.542 bits per heavy atom. The normalized spacial score (nSPS) is 32.1. The topological polar surface area (TPSA) is 13.0 Å². The summed E-state index contributed by atoms with van der Waals surface area (Å²) in [6.45, 7) is 28.1. The van der Waals surface area contributed by atoms with E-state index in [2.05, 4.69) is 99.1 Å². The fraction of sp³-hybridized carbons (Fsp3) is 1.00. The molecular formula is C16H36AsClN4P2. The van der Waals surface area contributed by atoms with Gasteiger partial charge in [-0.2, -0.15) is 0 Å². The van der Waals surface area contributed by atoms with Gasteiger partial charge in [-0.15, -0.1) is 0 Å². The average molecular weight is 457 g/mol. The molecule has 3 heterocycles. The molecule has 0 atom stereocenters. The molecular weight excluding hydrogens is 421 g/mol. The molecule has 142 valence electrons. The Bertz CT molecular complexity index is 440. The first kappa shape index (κ1) is 21.8. The predicted octanol–water partition coefficient (Wildman–Crippen LogP) is 6.09. The molecule has 0 aliphatic carbocycles. The zero-order valence-corrected chi connectivity index (χ0v) is 21.9. The molecule has 0 unspecified atom stereocenters. The molecule has 3 aliphatic heterocycles. The van der Waals surface area contributed by atoms with Crippen LogP contribution in [0.1, 0.15) is 83.1 Å². The maximum absolute atomic E-state index is 7.25. The van der Waals surface area contributed by atoms with Crippen molar-refractivity contribution in [2.75, 3.05) is 0 Å². The number of rotatable bonds is 0. The van der Waals surface area contributed by atoms with E-state index in [9.17, 15) is 0 Å². The molecule has 0 aromatic heterocycles. The zero-order valence-electron chi connectivity index (χ0n) is 17.5. The standard InChI is InChI=1S/C16H36AsClN4P2/c1-13(2,3)19-17(18)20(14(4,5)6)24-21(15(7,8)9)23(19)22(24)16(10,11)12/h1-12H3. The van der Waals surface area contributed by atoms with Crippen LogP contribution in [-0.4, -0.2) is 52.4 Å². The summed E-state index contributed by atoms with van der Waals surface area (Å²) >= 11 is -1.77. The van der Waals surface area contributed by atoms with Crippen molar-refractivity contribution in [3.8, 4) is 0 Å². The Morgan fingerprint density at radius 2 is 0.792 bits per heavy atom. The Hall–Kier alpha value is 1.55. The molecule has 0 amide bonds. The molecule has 0 aromatic carbocycles. The third-order valence-corrected chi connectivity index (χ3v) is 21.6. The molecule has 0 aromatic rings. The number of fused-ring (bicyclic) bond motifs is 2. The third kappa shape index (κ3) is 3.62. The van der Waals surface area contributed by atoms with E-state index in [4.69, 9.17) is 9.95 Å². The van der Waals surface area contributed by atoms with Gasteiger partial charge in [-0.1, -0.05) is 0 Å². The van der Waals surface area contributed by atoms with Gasteiger partial charge >= 0.3 is 162 Å². The molecule has 3 aliphatic rings. The number of hydrogen-bond acceptors (Lipinski definition) is 4. The van der Waals surface area contributed by atoms with Crippen molar-refractivity contribution in [3.05, 3.63) is 0 Å². The summed E-state index contributed by atoms with van der Waals surface area (Å²) in [5.41, 5.74) is 0.453. The van der Waals surface area contributed by atoms with Crippen molar-refractivity contribution in [3.63, 3.8) is 0 Å².